The second-order valence-corrected chi connectivity index (χ2v) is 7.51. The fraction of sp³-hybridized carbons (Fsp3) is 1.00. The first-order valence-electron chi connectivity index (χ1n) is 10.6. The van der Waals surface area contributed by atoms with Crippen molar-refractivity contribution >= 4 is 24.0 Å². The van der Waals surface area contributed by atoms with Crippen LogP contribution >= 0.6 is 24.0 Å². The van der Waals surface area contributed by atoms with Gasteiger partial charge in [0.25, 0.3) is 0 Å². The summed E-state index contributed by atoms with van der Waals surface area (Å²) in [4.78, 5) is 2.78. The molecule has 0 radical (unpaired) electrons. The third kappa shape index (κ3) is 12.7. The van der Waals surface area contributed by atoms with Crippen molar-refractivity contribution in [3.8, 4) is 0 Å². The van der Waals surface area contributed by atoms with Gasteiger partial charge in [-0.2, -0.15) is 0 Å². The molecule has 0 N–H and O–H groups in total. The van der Waals surface area contributed by atoms with Crippen LogP contribution < -0.4 is 0 Å². The topological polar surface area (TPSA) is 3.24 Å². The van der Waals surface area contributed by atoms with Gasteiger partial charge in [-0.1, -0.05) is 90.9 Å². The molecule has 1 heterocycles. The first-order chi connectivity index (χ1) is 10.9. The summed E-state index contributed by atoms with van der Waals surface area (Å²) >= 11 is 0. The van der Waals surface area contributed by atoms with Crippen molar-refractivity contribution in [2.24, 2.45) is 0 Å². The highest BCUT2D eigenvalue weighted by Gasteiger charge is 2.20. The first kappa shape index (κ1) is 23.7. The summed E-state index contributed by atoms with van der Waals surface area (Å²) in [6.07, 6.45) is 23.2. The van der Waals surface area contributed by atoms with Crippen LogP contribution in [0.1, 0.15) is 117 Å². The Balaban J connectivity index is 0.00000484. The number of nitrogens with zero attached hydrogens (tertiary/aromatic N) is 1. The Hall–Kier alpha value is 0.690. The molecule has 0 aromatic heterocycles. The van der Waals surface area contributed by atoms with E-state index in [-0.39, 0.29) is 24.0 Å². The Labute approximate surface area is 164 Å². The molecule has 1 rings (SSSR count). The molecular weight excluding hydrogens is 393 g/mol. The summed E-state index contributed by atoms with van der Waals surface area (Å²) in [5.41, 5.74) is 0. The predicted octanol–water partition coefficient (Wildman–Crippen LogP) is 7.57. The van der Waals surface area contributed by atoms with Gasteiger partial charge < -0.3 is 4.90 Å². The monoisotopic (exact) mass is 437 g/mol. The smallest absolute Gasteiger partial charge is 0.00951 e. The van der Waals surface area contributed by atoms with Crippen molar-refractivity contribution < 1.29 is 0 Å². The van der Waals surface area contributed by atoms with Crippen molar-refractivity contribution in [3.05, 3.63) is 0 Å². The second-order valence-electron chi connectivity index (χ2n) is 7.51. The molecule has 0 aromatic rings. The molecule has 0 aromatic carbocycles. The fourth-order valence-electron chi connectivity index (χ4n) is 3.99. The Kier molecular flexibility index (Phi) is 18.0. The van der Waals surface area contributed by atoms with E-state index >= 15 is 0 Å². The van der Waals surface area contributed by atoms with Crippen LogP contribution in [0.25, 0.3) is 0 Å². The van der Waals surface area contributed by atoms with E-state index in [0.29, 0.717) is 0 Å². The Morgan fingerprint density at radius 1 is 0.609 bits per heavy atom. The molecule has 0 amide bonds. The zero-order valence-corrected chi connectivity index (χ0v) is 18.5. The number of hydrogen-bond donors (Lipinski definition) is 0. The average molecular weight is 437 g/mol. The average Bonchev–Trinajstić information content (AvgIpc) is 3.06. The van der Waals surface area contributed by atoms with Crippen LogP contribution in [0.4, 0.5) is 0 Å². The van der Waals surface area contributed by atoms with E-state index in [4.69, 9.17) is 0 Å². The third-order valence-corrected chi connectivity index (χ3v) is 5.42. The number of unbranched alkanes of at least 4 members (excludes halogenated alkanes) is 10. The predicted molar refractivity (Wildman–Crippen MR) is 116 cm³/mol. The molecule has 0 saturated carbocycles. The van der Waals surface area contributed by atoms with E-state index in [1.165, 1.54) is 116 Å². The number of halogens is 1. The Morgan fingerprint density at radius 2 is 1.09 bits per heavy atom. The van der Waals surface area contributed by atoms with E-state index in [1.807, 2.05) is 0 Å². The van der Waals surface area contributed by atoms with Crippen LogP contribution in [-0.2, 0) is 0 Å². The van der Waals surface area contributed by atoms with Crippen LogP contribution in [0.3, 0.4) is 0 Å². The van der Waals surface area contributed by atoms with Crippen LogP contribution in [0.5, 0.6) is 0 Å². The minimum absolute atomic E-state index is 0. The lowest BCUT2D eigenvalue weighted by atomic mass is 10.0. The Bertz CT molecular complexity index is 226. The first-order valence-corrected chi connectivity index (χ1v) is 10.6. The lowest BCUT2D eigenvalue weighted by Crippen LogP contribution is -2.32. The molecule has 1 nitrogen and oxygen atoms in total. The van der Waals surface area contributed by atoms with Gasteiger partial charge in [0, 0.05) is 6.04 Å². The maximum atomic E-state index is 2.78. The van der Waals surface area contributed by atoms with Crippen molar-refractivity contribution in [1.82, 2.24) is 4.90 Å². The quantitative estimate of drug-likeness (QED) is 0.189. The standard InChI is InChI=1S/C21H43N.HI/c1-3-5-6-7-8-9-10-11-12-13-14-18-21(17-4-2)22-19-15-16-20-22;/h21H,3-20H2,1-2H3;1H. The number of hydrogen-bond acceptors (Lipinski definition) is 1. The molecule has 1 atom stereocenters. The van der Waals surface area contributed by atoms with E-state index in [0.717, 1.165) is 6.04 Å². The summed E-state index contributed by atoms with van der Waals surface area (Å²) in [5, 5.41) is 0. The zero-order valence-electron chi connectivity index (χ0n) is 16.2. The largest absolute Gasteiger partial charge is 0.300 e. The van der Waals surface area contributed by atoms with E-state index < -0.39 is 0 Å². The highest BCUT2D eigenvalue weighted by atomic mass is 127. The van der Waals surface area contributed by atoms with Gasteiger partial charge in [-0.25, -0.2) is 0 Å². The SMILES string of the molecule is CCCCCCCCCCCCCC(CCC)N1CCCC1.I. The van der Waals surface area contributed by atoms with Gasteiger partial charge in [0.05, 0.1) is 0 Å². The normalized spacial score (nSPS) is 16.4. The fourth-order valence-corrected chi connectivity index (χ4v) is 3.99. The number of likely N-dealkylation sites (tertiary alicyclic amines) is 1. The van der Waals surface area contributed by atoms with Gasteiger partial charge >= 0.3 is 0 Å². The van der Waals surface area contributed by atoms with E-state index in [1.54, 1.807) is 0 Å². The van der Waals surface area contributed by atoms with Crippen LogP contribution in [0.2, 0.25) is 0 Å². The molecule has 23 heavy (non-hydrogen) atoms. The third-order valence-electron chi connectivity index (χ3n) is 5.42. The highest BCUT2D eigenvalue weighted by molar-refractivity contribution is 14.0. The van der Waals surface area contributed by atoms with Gasteiger partial charge in [0.15, 0.2) is 0 Å². The summed E-state index contributed by atoms with van der Waals surface area (Å²) in [6, 6.07) is 0.908. The number of rotatable bonds is 15. The molecule has 140 valence electrons. The van der Waals surface area contributed by atoms with Crippen LogP contribution in [-0.4, -0.2) is 24.0 Å². The summed E-state index contributed by atoms with van der Waals surface area (Å²) in [6.45, 7) is 7.41. The van der Waals surface area contributed by atoms with Crippen LogP contribution in [0, 0.1) is 0 Å². The molecule has 0 spiro atoms. The van der Waals surface area contributed by atoms with Gasteiger partial charge in [0.2, 0.25) is 0 Å². The van der Waals surface area contributed by atoms with Crippen molar-refractivity contribution in [1.29, 1.82) is 0 Å². The molecular formula is C21H44IN. The van der Waals surface area contributed by atoms with E-state index in [9.17, 15) is 0 Å². The highest BCUT2D eigenvalue weighted by Crippen LogP contribution is 2.21. The van der Waals surface area contributed by atoms with Crippen molar-refractivity contribution in [3.63, 3.8) is 0 Å². The molecule has 1 unspecified atom stereocenters. The molecule has 1 saturated heterocycles. The summed E-state index contributed by atoms with van der Waals surface area (Å²) < 4.78 is 0. The van der Waals surface area contributed by atoms with Crippen molar-refractivity contribution in [2.75, 3.05) is 13.1 Å². The van der Waals surface area contributed by atoms with Crippen molar-refractivity contribution in [2.45, 2.75) is 123 Å². The molecule has 1 aliphatic rings. The zero-order chi connectivity index (χ0) is 15.9. The van der Waals surface area contributed by atoms with Gasteiger partial charge in [-0.05, 0) is 38.8 Å². The van der Waals surface area contributed by atoms with E-state index in [2.05, 4.69) is 18.7 Å². The molecule has 2 heteroatoms. The maximum Gasteiger partial charge on any atom is 0.00951 e. The lowest BCUT2D eigenvalue weighted by Gasteiger charge is -2.27. The Morgan fingerprint density at radius 3 is 1.57 bits per heavy atom. The second kappa shape index (κ2) is 17.5. The molecule has 0 bridgehead atoms. The maximum absolute atomic E-state index is 2.78. The lowest BCUT2D eigenvalue weighted by molar-refractivity contribution is 0.213. The van der Waals surface area contributed by atoms with Crippen LogP contribution in [0.15, 0.2) is 0 Å². The summed E-state index contributed by atoms with van der Waals surface area (Å²) in [5.74, 6) is 0. The molecule has 1 fully saturated rings. The minimum atomic E-state index is 0. The minimum Gasteiger partial charge on any atom is -0.300 e. The molecule has 1 aliphatic heterocycles. The van der Waals surface area contributed by atoms with Gasteiger partial charge in [0.1, 0.15) is 0 Å². The summed E-state index contributed by atoms with van der Waals surface area (Å²) in [7, 11) is 0. The van der Waals surface area contributed by atoms with Gasteiger partial charge in [-0.15, -0.1) is 24.0 Å². The van der Waals surface area contributed by atoms with Gasteiger partial charge in [-0.3, -0.25) is 0 Å². The molecule has 0 aliphatic carbocycles.